The maximum Gasteiger partial charge on any atom is 0.151 e. The average molecular weight is 663 g/mol. The molecule has 246 valence electrons. The molecule has 0 amide bonds. The van der Waals surface area contributed by atoms with Gasteiger partial charge in [-0.05, 0) is 39.9 Å². The molecular weight excluding hydrogens is 624 g/mol. The van der Waals surface area contributed by atoms with E-state index < -0.39 is 30.5 Å². The van der Waals surface area contributed by atoms with E-state index in [1.54, 1.807) is 12.1 Å². The molecule has 48 heavy (non-hydrogen) atoms. The number of carbonyl (C=O) groups excluding carboxylic acids is 1. The molecule has 0 radical (unpaired) electrons. The summed E-state index contributed by atoms with van der Waals surface area (Å²) in [5.41, 5.74) is 5.25. The topological polar surface area (TPSA) is 63.2 Å². The van der Waals surface area contributed by atoms with Crippen molar-refractivity contribution in [2.24, 2.45) is 0 Å². The van der Waals surface area contributed by atoms with E-state index in [1.165, 1.54) is 0 Å². The summed E-state index contributed by atoms with van der Waals surface area (Å²) in [5, 5.41) is 0.370. The lowest BCUT2D eigenvalue weighted by Gasteiger charge is -2.46. The van der Waals surface area contributed by atoms with Gasteiger partial charge in [0.25, 0.3) is 0 Å². The zero-order valence-corrected chi connectivity index (χ0v) is 27.4. The van der Waals surface area contributed by atoms with Crippen LogP contribution in [0, 0.1) is 0 Å². The van der Waals surface area contributed by atoms with Crippen LogP contribution in [0.3, 0.4) is 0 Å². The van der Waals surface area contributed by atoms with Gasteiger partial charge in [0.1, 0.15) is 30.5 Å². The van der Waals surface area contributed by atoms with Crippen LogP contribution in [0.2, 0.25) is 5.02 Å². The number of hydrogen-bond donors (Lipinski definition) is 0. The lowest BCUT2D eigenvalue weighted by Crippen LogP contribution is -2.58. The summed E-state index contributed by atoms with van der Waals surface area (Å²) in [4.78, 5) is 12.0. The summed E-state index contributed by atoms with van der Waals surface area (Å²) in [5.74, 6) is 0. The van der Waals surface area contributed by atoms with Crippen LogP contribution in [-0.2, 0) is 50.1 Å². The molecule has 1 aliphatic rings. The van der Waals surface area contributed by atoms with Gasteiger partial charge in [-0.1, -0.05) is 139 Å². The molecule has 0 saturated carbocycles. The molecule has 0 aromatic heterocycles. The van der Waals surface area contributed by atoms with E-state index in [9.17, 15) is 4.79 Å². The minimum Gasteiger partial charge on any atom is -0.374 e. The van der Waals surface area contributed by atoms with E-state index >= 15 is 0 Å². The highest BCUT2D eigenvalue weighted by molar-refractivity contribution is 6.32. The van der Waals surface area contributed by atoms with Crippen LogP contribution >= 0.6 is 11.6 Å². The van der Waals surface area contributed by atoms with Gasteiger partial charge in [0.15, 0.2) is 6.29 Å². The largest absolute Gasteiger partial charge is 0.374 e. The van der Waals surface area contributed by atoms with Crippen molar-refractivity contribution >= 4 is 17.9 Å². The van der Waals surface area contributed by atoms with Gasteiger partial charge >= 0.3 is 0 Å². The summed E-state index contributed by atoms with van der Waals surface area (Å²) in [6.07, 6.45) is -2.13. The second-order valence-corrected chi connectivity index (χ2v) is 12.2. The highest BCUT2D eigenvalue weighted by atomic mass is 35.5. The third-order valence-corrected chi connectivity index (χ3v) is 8.70. The Bertz CT molecular complexity index is 1690. The molecule has 5 atom stereocenters. The molecule has 1 fully saturated rings. The van der Waals surface area contributed by atoms with Crippen molar-refractivity contribution in [3.8, 4) is 0 Å². The third-order valence-electron chi connectivity index (χ3n) is 8.36. The minimum absolute atomic E-state index is 0.246. The van der Waals surface area contributed by atoms with E-state index in [2.05, 4.69) is 0 Å². The fraction of sp³-hybridized carbons (Fsp3) is 0.244. The first-order valence-corrected chi connectivity index (χ1v) is 16.5. The van der Waals surface area contributed by atoms with Crippen LogP contribution < -0.4 is 0 Å². The van der Waals surface area contributed by atoms with Crippen molar-refractivity contribution in [2.45, 2.75) is 56.9 Å². The maximum atomic E-state index is 12.0. The number of aldehydes is 1. The second kappa shape index (κ2) is 17.3. The number of halogens is 1. The van der Waals surface area contributed by atoms with E-state index in [0.717, 1.165) is 34.1 Å². The smallest absolute Gasteiger partial charge is 0.151 e. The molecule has 0 N–H and O–H groups in total. The van der Waals surface area contributed by atoms with E-state index in [4.69, 9.17) is 35.3 Å². The van der Waals surface area contributed by atoms with Gasteiger partial charge in [0, 0.05) is 5.56 Å². The maximum absolute atomic E-state index is 12.0. The van der Waals surface area contributed by atoms with Gasteiger partial charge in [0.2, 0.25) is 0 Å². The Morgan fingerprint density at radius 2 is 1.02 bits per heavy atom. The summed E-state index contributed by atoms with van der Waals surface area (Å²) >= 11 is 6.37. The van der Waals surface area contributed by atoms with Crippen molar-refractivity contribution in [1.29, 1.82) is 0 Å². The number of rotatable bonds is 15. The van der Waals surface area contributed by atoms with Gasteiger partial charge in [0.05, 0.1) is 38.1 Å². The highest BCUT2D eigenvalue weighted by Gasteiger charge is 2.49. The van der Waals surface area contributed by atoms with Crippen LogP contribution in [0.5, 0.6) is 0 Å². The molecule has 0 aliphatic carbocycles. The molecule has 1 saturated heterocycles. The van der Waals surface area contributed by atoms with Gasteiger partial charge in [-0.25, -0.2) is 0 Å². The van der Waals surface area contributed by atoms with Crippen molar-refractivity contribution in [2.75, 3.05) is 6.61 Å². The van der Waals surface area contributed by atoms with Crippen LogP contribution in [-0.4, -0.2) is 37.3 Å². The fourth-order valence-corrected chi connectivity index (χ4v) is 6.05. The summed E-state index contributed by atoms with van der Waals surface area (Å²) in [7, 11) is 0. The Morgan fingerprint density at radius 3 is 1.52 bits per heavy atom. The first-order chi connectivity index (χ1) is 23.7. The van der Waals surface area contributed by atoms with E-state index in [1.807, 2.05) is 127 Å². The number of ether oxygens (including phenoxy) is 5. The average Bonchev–Trinajstić information content (AvgIpc) is 3.14. The minimum atomic E-state index is -0.618. The predicted molar refractivity (Wildman–Crippen MR) is 186 cm³/mol. The Morgan fingerprint density at radius 1 is 0.562 bits per heavy atom. The number of carbonyl (C=O) groups is 1. The normalized spacial score (nSPS) is 20.7. The molecule has 1 heterocycles. The van der Waals surface area contributed by atoms with Crippen molar-refractivity contribution < 1.29 is 28.5 Å². The van der Waals surface area contributed by atoms with Gasteiger partial charge in [-0.3, -0.25) is 4.79 Å². The quantitative estimate of drug-likeness (QED) is 0.105. The van der Waals surface area contributed by atoms with Crippen molar-refractivity contribution in [1.82, 2.24) is 0 Å². The van der Waals surface area contributed by atoms with Crippen LogP contribution in [0.25, 0.3) is 0 Å². The molecule has 0 spiro atoms. The fourth-order valence-electron chi connectivity index (χ4n) is 5.89. The Hall–Kier alpha value is -4.14. The zero-order valence-electron chi connectivity index (χ0n) is 26.6. The molecule has 1 aliphatic heterocycles. The second-order valence-electron chi connectivity index (χ2n) is 11.8. The molecule has 0 bridgehead atoms. The highest BCUT2D eigenvalue weighted by Crippen LogP contribution is 2.39. The van der Waals surface area contributed by atoms with Gasteiger partial charge in [-0.2, -0.15) is 0 Å². The molecule has 6 rings (SSSR count). The van der Waals surface area contributed by atoms with Gasteiger partial charge < -0.3 is 23.7 Å². The Balaban J connectivity index is 1.37. The Labute approximate surface area is 287 Å². The predicted octanol–water partition coefficient (Wildman–Crippen LogP) is 8.57. The molecule has 5 aromatic carbocycles. The molecule has 7 heteroatoms. The number of hydrogen-bond acceptors (Lipinski definition) is 6. The summed E-state index contributed by atoms with van der Waals surface area (Å²) in [6.45, 7) is 1.67. The zero-order chi connectivity index (χ0) is 33.0. The lowest BCUT2D eigenvalue weighted by atomic mass is 9.89. The van der Waals surface area contributed by atoms with Gasteiger partial charge in [-0.15, -0.1) is 0 Å². The van der Waals surface area contributed by atoms with Crippen molar-refractivity contribution in [3.05, 3.63) is 178 Å². The van der Waals surface area contributed by atoms with E-state index in [-0.39, 0.29) is 6.61 Å². The SMILES string of the molecule is O=Cc1cc(C2O[C@@H](COCc3ccccc3)[C@@H](OCc3ccccc3)C(OCc3ccccc3)[C@H]2OCc2ccccc2)ccc1Cl. The van der Waals surface area contributed by atoms with Crippen LogP contribution in [0.15, 0.2) is 140 Å². The Kier molecular flexibility index (Phi) is 12.2. The molecular formula is C41H39ClO6. The number of benzene rings is 5. The third kappa shape index (κ3) is 9.05. The molecule has 6 nitrogen and oxygen atoms in total. The van der Waals surface area contributed by atoms with E-state index in [0.29, 0.717) is 37.0 Å². The van der Waals surface area contributed by atoms with Crippen LogP contribution in [0.4, 0.5) is 0 Å². The van der Waals surface area contributed by atoms with Crippen LogP contribution in [0.1, 0.15) is 44.3 Å². The monoisotopic (exact) mass is 662 g/mol. The molecule has 2 unspecified atom stereocenters. The standard InChI is InChI=1S/C41H39ClO6/c42-36-22-21-34(23-35(36)24-43)38-40(46-27-32-17-9-3-10-18-32)41(47-28-33-19-11-4-12-20-33)39(45-26-31-15-7-2-8-16-31)37(48-38)29-44-25-30-13-5-1-6-14-30/h1-24,37-41H,25-29H2/t37-,38?,39+,40-,41?/m0/s1. The summed E-state index contributed by atoms with van der Waals surface area (Å²) < 4.78 is 33.5. The first kappa shape index (κ1) is 33.7. The van der Waals surface area contributed by atoms with Crippen molar-refractivity contribution in [3.63, 3.8) is 0 Å². The first-order valence-electron chi connectivity index (χ1n) is 16.2. The lowest BCUT2D eigenvalue weighted by molar-refractivity contribution is -0.275. The molecule has 5 aromatic rings. The summed E-state index contributed by atoms with van der Waals surface area (Å²) in [6, 6.07) is 45.4.